The molecule has 6 nitrogen and oxygen atoms in total. The van der Waals surface area contributed by atoms with E-state index in [1.54, 1.807) is 34.0 Å². The highest BCUT2D eigenvalue weighted by Crippen LogP contribution is 2.24. The zero-order chi connectivity index (χ0) is 18.7. The second-order valence-electron chi connectivity index (χ2n) is 6.34. The van der Waals surface area contributed by atoms with Gasteiger partial charge in [0.25, 0.3) is 0 Å². The van der Waals surface area contributed by atoms with Crippen molar-refractivity contribution in [1.29, 1.82) is 0 Å². The van der Waals surface area contributed by atoms with Crippen molar-refractivity contribution in [3.63, 3.8) is 0 Å². The highest BCUT2D eigenvalue weighted by atomic mass is 79.9. The number of halogens is 2. The second-order valence-corrected chi connectivity index (χ2v) is 7.20. The number of carbonyl (C=O) groups is 2. The summed E-state index contributed by atoms with van der Waals surface area (Å²) in [6.07, 6.45) is 2.77. The van der Waals surface area contributed by atoms with Crippen LogP contribution in [0.15, 0.2) is 34.9 Å². The number of hydrogen-bond donors (Lipinski definition) is 1. The molecule has 1 unspecified atom stereocenters. The summed E-state index contributed by atoms with van der Waals surface area (Å²) in [4.78, 5) is 26.1. The maximum Gasteiger partial charge on any atom is 0.231 e. The molecule has 1 fully saturated rings. The fraction of sp³-hybridized carbons (Fsp3) is 0.389. The van der Waals surface area contributed by atoms with Crippen molar-refractivity contribution in [2.45, 2.75) is 26.3 Å². The largest absolute Gasteiger partial charge is 0.342 e. The SMILES string of the molecule is CCCN1CC(C(=O)Nc2nn(Cc3ccccc3F)cc2Br)CC1=O. The van der Waals surface area contributed by atoms with E-state index in [1.807, 2.05) is 6.92 Å². The Morgan fingerprint density at radius 3 is 2.92 bits per heavy atom. The van der Waals surface area contributed by atoms with Gasteiger partial charge >= 0.3 is 0 Å². The van der Waals surface area contributed by atoms with E-state index < -0.39 is 0 Å². The molecule has 0 aliphatic carbocycles. The predicted molar refractivity (Wildman–Crippen MR) is 99.0 cm³/mol. The molecule has 1 N–H and O–H groups in total. The number of anilines is 1. The van der Waals surface area contributed by atoms with Gasteiger partial charge in [-0.25, -0.2) is 4.39 Å². The van der Waals surface area contributed by atoms with Crippen molar-refractivity contribution in [3.8, 4) is 0 Å². The maximum atomic E-state index is 13.8. The summed E-state index contributed by atoms with van der Waals surface area (Å²) in [5.41, 5.74) is 0.511. The van der Waals surface area contributed by atoms with Crippen LogP contribution in [0.2, 0.25) is 0 Å². The normalized spacial score (nSPS) is 17.0. The van der Waals surface area contributed by atoms with Crippen LogP contribution < -0.4 is 5.32 Å². The molecule has 1 atom stereocenters. The number of hydrogen-bond acceptors (Lipinski definition) is 3. The zero-order valence-electron chi connectivity index (χ0n) is 14.4. The summed E-state index contributed by atoms with van der Waals surface area (Å²) in [6, 6.07) is 6.48. The van der Waals surface area contributed by atoms with Crippen LogP contribution in [-0.4, -0.2) is 39.6 Å². The number of nitrogens with one attached hydrogen (secondary N) is 1. The standard InChI is InChI=1S/C18H20BrFN4O2/c1-2-7-23-9-13(8-16(23)25)18(26)21-17-14(19)11-24(22-17)10-12-5-3-4-6-15(12)20/h3-6,11,13H,2,7-10H2,1H3,(H,21,22,26). The fourth-order valence-corrected chi connectivity index (χ4v) is 3.43. The average Bonchev–Trinajstić information content (AvgIpc) is 3.13. The molecule has 3 rings (SSSR count). The molecule has 1 saturated heterocycles. The van der Waals surface area contributed by atoms with Crippen molar-refractivity contribution in [3.05, 3.63) is 46.3 Å². The van der Waals surface area contributed by atoms with Crippen LogP contribution in [0.3, 0.4) is 0 Å². The number of likely N-dealkylation sites (tertiary alicyclic amines) is 1. The minimum atomic E-state index is -0.377. The summed E-state index contributed by atoms with van der Waals surface area (Å²) in [5, 5.41) is 7.07. The van der Waals surface area contributed by atoms with Crippen molar-refractivity contribution >= 4 is 33.6 Å². The molecule has 0 saturated carbocycles. The third-order valence-corrected chi connectivity index (χ3v) is 4.91. The summed E-state index contributed by atoms with van der Waals surface area (Å²) in [7, 11) is 0. The van der Waals surface area contributed by atoms with Gasteiger partial charge < -0.3 is 10.2 Å². The van der Waals surface area contributed by atoms with Crippen LogP contribution in [-0.2, 0) is 16.1 Å². The van der Waals surface area contributed by atoms with E-state index in [-0.39, 0.29) is 36.5 Å². The summed E-state index contributed by atoms with van der Waals surface area (Å²) in [6.45, 7) is 3.36. The first kappa shape index (κ1) is 18.6. The van der Waals surface area contributed by atoms with Crippen LogP contribution in [0.1, 0.15) is 25.3 Å². The Balaban J connectivity index is 1.65. The Morgan fingerprint density at radius 2 is 2.19 bits per heavy atom. The Labute approximate surface area is 159 Å². The highest BCUT2D eigenvalue weighted by molar-refractivity contribution is 9.10. The number of benzene rings is 1. The van der Waals surface area contributed by atoms with E-state index in [0.717, 1.165) is 6.42 Å². The molecule has 138 valence electrons. The molecule has 1 aromatic heterocycles. The predicted octanol–water partition coefficient (Wildman–Crippen LogP) is 3.03. The van der Waals surface area contributed by atoms with Crippen LogP contribution >= 0.6 is 15.9 Å². The molecule has 26 heavy (non-hydrogen) atoms. The third kappa shape index (κ3) is 4.12. The molecular weight excluding hydrogens is 403 g/mol. The van der Waals surface area contributed by atoms with Crippen molar-refractivity contribution in [2.75, 3.05) is 18.4 Å². The van der Waals surface area contributed by atoms with Gasteiger partial charge in [0, 0.05) is 31.3 Å². The lowest BCUT2D eigenvalue weighted by Crippen LogP contribution is -2.29. The number of rotatable bonds is 6. The number of aromatic nitrogens is 2. The van der Waals surface area contributed by atoms with Gasteiger partial charge in [0.2, 0.25) is 11.8 Å². The summed E-state index contributed by atoms with van der Waals surface area (Å²) >= 11 is 3.37. The van der Waals surface area contributed by atoms with Crippen LogP contribution in [0, 0.1) is 11.7 Å². The first-order chi connectivity index (χ1) is 12.5. The lowest BCUT2D eigenvalue weighted by atomic mass is 10.1. The summed E-state index contributed by atoms with van der Waals surface area (Å²) < 4.78 is 15.9. The van der Waals surface area contributed by atoms with E-state index in [9.17, 15) is 14.0 Å². The molecule has 1 aliphatic rings. The van der Waals surface area contributed by atoms with E-state index in [4.69, 9.17) is 0 Å². The monoisotopic (exact) mass is 422 g/mol. The molecule has 2 heterocycles. The van der Waals surface area contributed by atoms with Gasteiger partial charge in [-0.2, -0.15) is 5.10 Å². The molecule has 8 heteroatoms. The Kier molecular flexibility index (Phi) is 5.70. The van der Waals surface area contributed by atoms with Gasteiger partial charge in [-0.15, -0.1) is 0 Å². The molecule has 2 aromatic rings. The first-order valence-electron chi connectivity index (χ1n) is 8.53. The van der Waals surface area contributed by atoms with Crippen molar-refractivity contribution < 1.29 is 14.0 Å². The highest BCUT2D eigenvalue weighted by Gasteiger charge is 2.34. The van der Waals surface area contributed by atoms with Crippen LogP contribution in [0.25, 0.3) is 0 Å². The fourth-order valence-electron chi connectivity index (χ4n) is 3.02. The topological polar surface area (TPSA) is 67.2 Å². The summed E-state index contributed by atoms with van der Waals surface area (Å²) in [5.74, 6) is -0.527. The number of amides is 2. The second kappa shape index (κ2) is 7.99. The van der Waals surface area contributed by atoms with Crippen molar-refractivity contribution in [1.82, 2.24) is 14.7 Å². The van der Waals surface area contributed by atoms with Gasteiger partial charge in [-0.1, -0.05) is 25.1 Å². The average molecular weight is 423 g/mol. The van der Waals surface area contributed by atoms with E-state index >= 15 is 0 Å². The molecule has 2 amide bonds. The molecule has 0 radical (unpaired) electrons. The van der Waals surface area contributed by atoms with Gasteiger partial charge in [0.15, 0.2) is 5.82 Å². The maximum absolute atomic E-state index is 13.8. The molecule has 1 aliphatic heterocycles. The Morgan fingerprint density at radius 1 is 1.42 bits per heavy atom. The zero-order valence-corrected chi connectivity index (χ0v) is 16.0. The molecule has 0 bridgehead atoms. The first-order valence-corrected chi connectivity index (χ1v) is 9.32. The molecule has 0 spiro atoms. The molecular formula is C18H20BrFN4O2. The Hall–Kier alpha value is -2.22. The van der Waals surface area contributed by atoms with Gasteiger partial charge in [-0.05, 0) is 28.4 Å². The van der Waals surface area contributed by atoms with Crippen molar-refractivity contribution in [2.24, 2.45) is 5.92 Å². The smallest absolute Gasteiger partial charge is 0.231 e. The lowest BCUT2D eigenvalue weighted by Gasteiger charge is -2.14. The van der Waals surface area contributed by atoms with Crippen LogP contribution in [0.4, 0.5) is 10.2 Å². The third-order valence-electron chi connectivity index (χ3n) is 4.33. The van der Waals surface area contributed by atoms with E-state index in [1.165, 1.54) is 6.07 Å². The Bertz CT molecular complexity index is 823. The number of carbonyl (C=O) groups excluding carboxylic acids is 2. The molecule has 1 aromatic carbocycles. The quantitative estimate of drug-likeness (QED) is 0.777. The van der Waals surface area contributed by atoms with E-state index in [2.05, 4.69) is 26.3 Å². The lowest BCUT2D eigenvalue weighted by molar-refractivity contribution is -0.128. The van der Waals surface area contributed by atoms with Crippen LogP contribution in [0.5, 0.6) is 0 Å². The van der Waals surface area contributed by atoms with E-state index in [0.29, 0.717) is 28.9 Å². The number of nitrogens with zero attached hydrogens (tertiary/aromatic N) is 3. The minimum absolute atomic E-state index is 0.0103. The minimum Gasteiger partial charge on any atom is -0.342 e. The van der Waals surface area contributed by atoms with Gasteiger partial charge in [0.1, 0.15) is 5.82 Å². The van der Waals surface area contributed by atoms with Gasteiger partial charge in [-0.3, -0.25) is 14.3 Å². The van der Waals surface area contributed by atoms with Gasteiger partial charge in [0.05, 0.1) is 16.9 Å².